The minimum atomic E-state index is -1.01. The zero-order valence-corrected chi connectivity index (χ0v) is 10.8. The predicted molar refractivity (Wildman–Crippen MR) is 69.4 cm³/mol. The van der Waals surface area contributed by atoms with E-state index >= 15 is 0 Å². The van der Waals surface area contributed by atoms with Crippen molar-refractivity contribution in [3.8, 4) is 17.1 Å². The molecule has 0 aliphatic heterocycles. The fourth-order valence-electron chi connectivity index (χ4n) is 1.65. The smallest absolute Gasteiger partial charge is 0.339 e. The SMILES string of the molecule is COc1cc(-c2nccn2C)ccc1C(=O)O.Cl. The summed E-state index contributed by atoms with van der Waals surface area (Å²) in [6, 6.07) is 4.91. The quantitative estimate of drug-likeness (QED) is 0.927. The van der Waals surface area contributed by atoms with Crippen LogP contribution in [0.1, 0.15) is 10.4 Å². The zero-order valence-electron chi connectivity index (χ0n) is 9.95. The van der Waals surface area contributed by atoms with Crippen LogP contribution in [0.15, 0.2) is 30.6 Å². The predicted octanol–water partition coefficient (Wildman–Crippen LogP) is 2.22. The summed E-state index contributed by atoms with van der Waals surface area (Å²) in [5, 5.41) is 8.97. The number of carboxylic acids is 1. The van der Waals surface area contributed by atoms with Gasteiger partial charge in [0.25, 0.3) is 0 Å². The molecule has 1 heterocycles. The van der Waals surface area contributed by atoms with E-state index < -0.39 is 5.97 Å². The lowest BCUT2D eigenvalue weighted by atomic mass is 10.1. The van der Waals surface area contributed by atoms with Gasteiger partial charge >= 0.3 is 5.97 Å². The Bertz CT molecular complexity index is 566. The molecule has 5 nitrogen and oxygen atoms in total. The molecule has 0 aliphatic rings. The van der Waals surface area contributed by atoms with E-state index in [1.165, 1.54) is 13.2 Å². The van der Waals surface area contributed by atoms with Crippen LogP contribution in [0.4, 0.5) is 0 Å². The molecule has 18 heavy (non-hydrogen) atoms. The number of hydrogen-bond donors (Lipinski definition) is 1. The number of imidazole rings is 1. The van der Waals surface area contributed by atoms with Crippen molar-refractivity contribution in [2.75, 3.05) is 7.11 Å². The van der Waals surface area contributed by atoms with Crippen LogP contribution >= 0.6 is 12.4 Å². The van der Waals surface area contributed by atoms with E-state index in [0.29, 0.717) is 5.75 Å². The Balaban J connectivity index is 0.00000162. The molecule has 0 saturated heterocycles. The van der Waals surface area contributed by atoms with Crippen LogP contribution in [-0.2, 0) is 7.05 Å². The Kier molecular flexibility index (Phi) is 4.33. The lowest BCUT2D eigenvalue weighted by molar-refractivity contribution is 0.0693. The fourth-order valence-corrected chi connectivity index (χ4v) is 1.65. The number of carboxylic acid groups (broad SMARTS) is 1. The third-order valence-electron chi connectivity index (χ3n) is 2.51. The molecule has 1 aromatic heterocycles. The topological polar surface area (TPSA) is 64.4 Å². The molecule has 0 amide bonds. The van der Waals surface area contributed by atoms with Gasteiger partial charge in [0.1, 0.15) is 17.1 Å². The zero-order chi connectivity index (χ0) is 12.4. The minimum Gasteiger partial charge on any atom is -0.496 e. The first-order chi connectivity index (χ1) is 8.13. The summed E-state index contributed by atoms with van der Waals surface area (Å²) >= 11 is 0. The lowest BCUT2D eigenvalue weighted by Crippen LogP contribution is -2.01. The standard InChI is InChI=1S/C12H12N2O3.ClH/c1-14-6-5-13-11(14)8-3-4-9(12(15)16)10(7-8)17-2;/h3-7H,1-2H3,(H,15,16);1H. The highest BCUT2D eigenvalue weighted by molar-refractivity contribution is 5.91. The highest BCUT2D eigenvalue weighted by Crippen LogP contribution is 2.26. The van der Waals surface area contributed by atoms with E-state index in [1.54, 1.807) is 18.3 Å². The second-order valence-electron chi connectivity index (χ2n) is 3.58. The molecule has 96 valence electrons. The fraction of sp³-hybridized carbons (Fsp3) is 0.167. The maximum absolute atomic E-state index is 10.9. The maximum Gasteiger partial charge on any atom is 0.339 e. The monoisotopic (exact) mass is 268 g/mol. The van der Waals surface area contributed by atoms with E-state index in [1.807, 2.05) is 17.8 Å². The average molecular weight is 269 g/mol. The molecule has 0 radical (unpaired) electrons. The number of aromatic carboxylic acids is 1. The van der Waals surface area contributed by atoms with Gasteiger partial charge in [0, 0.05) is 25.0 Å². The molecule has 2 rings (SSSR count). The summed E-state index contributed by atoms with van der Waals surface area (Å²) in [7, 11) is 3.32. The Labute approximate surface area is 110 Å². The van der Waals surface area contributed by atoms with Gasteiger partial charge in [-0.15, -0.1) is 12.4 Å². The highest BCUT2D eigenvalue weighted by Gasteiger charge is 2.13. The molecule has 0 fully saturated rings. The van der Waals surface area contributed by atoms with Gasteiger partial charge in [-0.2, -0.15) is 0 Å². The van der Waals surface area contributed by atoms with Gasteiger partial charge in [0.05, 0.1) is 7.11 Å². The van der Waals surface area contributed by atoms with Gasteiger partial charge in [0.15, 0.2) is 0 Å². The maximum atomic E-state index is 10.9. The number of nitrogens with zero attached hydrogens (tertiary/aromatic N) is 2. The minimum absolute atomic E-state index is 0. The highest BCUT2D eigenvalue weighted by atomic mass is 35.5. The molecule has 0 bridgehead atoms. The molecule has 1 N–H and O–H groups in total. The second kappa shape index (κ2) is 5.55. The first-order valence-electron chi connectivity index (χ1n) is 5.02. The van der Waals surface area contributed by atoms with E-state index in [2.05, 4.69) is 4.98 Å². The number of halogens is 1. The molecule has 0 spiro atoms. The first-order valence-corrected chi connectivity index (χ1v) is 5.02. The number of carbonyl (C=O) groups is 1. The Morgan fingerprint density at radius 3 is 2.67 bits per heavy atom. The largest absolute Gasteiger partial charge is 0.496 e. The van der Waals surface area contributed by atoms with E-state index in [-0.39, 0.29) is 18.0 Å². The summed E-state index contributed by atoms with van der Waals surface area (Å²) in [5.41, 5.74) is 0.963. The number of ether oxygens (including phenoxy) is 1. The number of methoxy groups -OCH3 is 1. The van der Waals surface area contributed by atoms with Crippen molar-refractivity contribution in [1.29, 1.82) is 0 Å². The Morgan fingerprint density at radius 2 is 2.17 bits per heavy atom. The molecular weight excluding hydrogens is 256 g/mol. The molecule has 0 saturated carbocycles. The van der Waals surface area contributed by atoms with Gasteiger partial charge in [-0.05, 0) is 12.1 Å². The van der Waals surface area contributed by atoms with Crippen LogP contribution in [0.25, 0.3) is 11.4 Å². The van der Waals surface area contributed by atoms with Crippen molar-refractivity contribution in [2.24, 2.45) is 7.05 Å². The third-order valence-corrected chi connectivity index (χ3v) is 2.51. The van der Waals surface area contributed by atoms with Crippen LogP contribution in [0.3, 0.4) is 0 Å². The summed E-state index contributed by atoms with van der Waals surface area (Å²) < 4.78 is 6.92. The molecule has 0 unspecified atom stereocenters. The summed E-state index contributed by atoms with van der Waals surface area (Å²) in [4.78, 5) is 15.1. The Morgan fingerprint density at radius 1 is 1.44 bits per heavy atom. The molecule has 1 aromatic carbocycles. The van der Waals surface area contributed by atoms with Crippen LogP contribution in [0.2, 0.25) is 0 Å². The van der Waals surface area contributed by atoms with Crippen molar-refractivity contribution in [2.45, 2.75) is 0 Å². The average Bonchev–Trinajstić information content (AvgIpc) is 2.74. The lowest BCUT2D eigenvalue weighted by Gasteiger charge is -2.07. The summed E-state index contributed by atoms with van der Waals surface area (Å²) in [5.74, 6) is 0.0893. The van der Waals surface area contributed by atoms with Gasteiger partial charge in [-0.3, -0.25) is 0 Å². The van der Waals surface area contributed by atoms with E-state index in [0.717, 1.165) is 11.4 Å². The Hall–Kier alpha value is -2.01. The summed E-state index contributed by atoms with van der Waals surface area (Å²) in [6.07, 6.45) is 3.51. The molecular formula is C12H13ClN2O3. The molecule has 6 heteroatoms. The van der Waals surface area contributed by atoms with Crippen molar-refractivity contribution < 1.29 is 14.6 Å². The van der Waals surface area contributed by atoms with Gasteiger partial charge < -0.3 is 14.4 Å². The van der Waals surface area contributed by atoms with Gasteiger partial charge in [0.2, 0.25) is 0 Å². The van der Waals surface area contributed by atoms with Crippen LogP contribution in [0, 0.1) is 0 Å². The van der Waals surface area contributed by atoms with Crippen LogP contribution in [-0.4, -0.2) is 27.7 Å². The van der Waals surface area contributed by atoms with Crippen molar-refractivity contribution in [1.82, 2.24) is 9.55 Å². The van der Waals surface area contributed by atoms with Crippen LogP contribution < -0.4 is 4.74 Å². The second-order valence-corrected chi connectivity index (χ2v) is 3.58. The molecule has 2 aromatic rings. The number of aromatic nitrogens is 2. The van der Waals surface area contributed by atoms with E-state index in [4.69, 9.17) is 9.84 Å². The molecule has 0 aliphatic carbocycles. The van der Waals surface area contributed by atoms with Gasteiger partial charge in [-0.25, -0.2) is 9.78 Å². The number of hydrogen-bond acceptors (Lipinski definition) is 3. The first kappa shape index (κ1) is 14.1. The van der Waals surface area contributed by atoms with Crippen molar-refractivity contribution in [3.63, 3.8) is 0 Å². The summed E-state index contributed by atoms with van der Waals surface area (Å²) in [6.45, 7) is 0. The number of benzene rings is 1. The van der Waals surface area contributed by atoms with Gasteiger partial charge in [-0.1, -0.05) is 6.07 Å². The number of aryl methyl sites for hydroxylation is 1. The van der Waals surface area contributed by atoms with Crippen LogP contribution in [0.5, 0.6) is 5.75 Å². The number of rotatable bonds is 3. The third kappa shape index (κ3) is 2.46. The molecule has 0 atom stereocenters. The van der Waals surface area contributed by atoms with Crippen molar-refractivity contribution in [3.05, 3.63) is 36.2 Å². The normalized spacial score (nSPS) is 9.67. The van der Waals surface area contributed by atoms with Crippen molar-refractivity contribution >= 4 is 18.4 Å². The van der Waals surface area contributed by atoms with E-state index in [9.17, 15) is 4.79 Å².